The van der Waals surface area contributed by atoms with E-state index in [1.165, 1.54) is 0 Å². The number of carboxylic acid groups (broad SMARTS) is 1. The lowest BCUT2D eigenvalue weighted by Gasteiger charge is -2.43. The highest BCUT2D eigenvalue weighted by Crippen LogP contribution is 2.37. The van der Waals surface area contributed by atoms with Crippen molar-refractivity contribution in [3.63, 3.8) is 0 Å². The molecule has 7 heteroatoms. The number of amides is 1. The third-order valence-electron chi connectivity index (χ3n) is 5.50. The molecule has 2 heterocycles. The number of nitrogens with zero attached hydrogens (tertiary/aromatic N) is 2. The fraction of sp³-hybridized carbons (Fsp3) is 0.737. The van der Waals surface area contributed by atoms with Crippen LogP contribution in [0.2, 0.25) is 0 Å². The number of aryl methyl sites for hydroxylation is 2. The molecule has 0 unspecified atom stereocenters. The van der Waals surface area contributed by atoms with Crippen molar-refractivity contribution in [3.8, 4) is 0 Å². The van der Waals surface area contributed by atoms with Crippen LogP contribution in [0.15, 0.2) is 4.52 Å². The molecule has 2 N–H and O–H groups in total. The summed E-state index contributed by atoms with van der Waals surface area (Å²) >= 11 is 0. The Kier molecular flexibility index (Phi) is 6.44. The predicted molar refractivity (Wildman–Crippen MR) is 95.6 cm³/mol. The molecule has 0 bridgehead atoms. The van der Waals surface area contributed by atoms with Crippen LogP contribution in [0.1, 0.15) is 56.5 Å². The molecule has 0 saturated carbocycles. The largest absolute Gasteiger partial charge is 0.481 e. The highest BCUT2D eigenvalue weighted by atomic mass is 16.5. The van der Waals surface area contributed by atoms with E-state index in [1.54, 1.807) is 4.90 Å². The molecule has 1 aromatic rings. The van der Waals surface area contributed by atoms with E-state index in [0.29, 0.717) is 43.9 Å². The molecule has 26 heavy (non-hydrogen) atoms. The van der Waals surface area contributed by atoms with E-state index in [-0.39, 0.29) is 18.9 Å². The number of carbonyl (C=O) groups excluding carboxylic acids is 1. The molecule has 2 rings (SSSR count). The number of aliphatic carboxylic acids is 1. The van der Waals surface area contributed by atoms with Crippen LogP contribution in [0, 0.1) is 25.2 Å². The summed E-state index contributed by atoms with van der Waals surface area (Å²) < 4.78 is 5.12. The van der Waals surface area contributed by atoms with Gasteiger partial charge in [0.15, 0.2) is 0 Å². The molecule has 1 fully saturated rings. The molecule has 7 nitrogen and oxygen atoms in total. The number of likely N-dealkylation sites (tertiary alicyclic amines) is 1. The summed E-state index contributed by atoms with van der Waals surface area (Å²) in [7, 11) is 0. The average molecular weight is 366 g/mol. The topological polar surface area (TPSA) is 104 Å². The van der Waals surface area contributed by atoms with Crippen molar-refractivity contribution in [2.24, 2.45) is 11.3 Å². The molecule has 1 amide bonds. The monoisotopic (exact) mass is 366 g/mol. The van der Waals surface area contributed by atoms with Crippen molar-refractivity contribution in [2.45, 2.75) is 65.9 Å². The van der Waals surface area contributed by atoms with Gasteiger partial charge >= 0.3 is 5.97 Å². The first-order valence-corrected chi connectivity index (χ1v) is 9.28. The van der Waals surface area contributed by atoms with Gasteiger partial charge in [-0.1, -0.05) is 19.0 Å². The Morgan fingerprint density at radius 3 is 2.62 bits per heavy atom. The molecule has 0 spiro atoms. The SMILES string of the molecule is Cc1noc(C)c1CCC(=O)N1CC[C@H](O)[C@](CCC(C)C)(C(=O)O)C1. The number of carbonyl (C=O) groups is 2. The molecule has 1 saturated heterocycles. The van der Waals surface area contributed by atoms with E-state index in [2.05, 4.69) is 5.16 Å². The lowest BCUT2D eigenvalue weighted by atomic mass is 9.72. The Morgan fingerprint density at radius 1 is 1.38 bits per heavy atom. The smallest absolute Gasteiger partial charge is 0.314 e. The van der Waals surface area contributed by atoms with Crippen LogP contribution in [0.4, 0.5) is 0 Å². The van der Waals surface area contributed by atoms with Crippen molar-refractivity contribution < 1.29 is 24.3 Å². The molecule has 1 aliphatic rings. The first-order valence-electron chi connectivity index (χ1n) is 9.28. The van der Waals surface area contributed by atoms with Gasteiger partial charge in [-0.3, -0.25) is 9.59 Å². The maximum absolute atomic E-state index is 12.7. The molecule has 0 radical (unpaired) electrons. The summed E-state index contributed by atoms with van der Waals surface area (Å²) in [6.07, 6.45) is 1.23. The van der Waals surface area contributed by atoms with Crippen LogP contribution in [0.3, 0.4) is 0 Å². The van der Waals surface area contributed by atoms with Crippen molar-refractivity contribution >= 4 is 11.9 Å². The number of aromatic nitrogens is 1. The highest BCUT2D eigenvalue weighted by molar-refractivity contribution is 5.80. The number of hydrogen-bond donors (Lipinski definition) is 2. The normalized spacial score (nSPS) is 23.5. The van der Waals surface area contributed by atoms with Crippen LogP contribution in [0.5, 0.6) is 0 Å². The molecule has 2 atom stereocenters. The van der Waals surface area contributed by atoms with Gasteiger partial charge in [0.05, 0.1) is 11.8 Å². The van der Waals surface area contributed by atoms with Gasteiger partial charge in [-0.25, -0.2) is 0 Å². The second kappa shape index (κ2) is 8.20. The summed E-state index contributed by atoms with van der Waals surface area (Å²) in [6, 6.07) is 0. The Balaban J connectivity index is 2.07. The minimum Gasteiger partial charge on any atom is -0.481 e. The van der Waals surface area contributed by atoms with Crippen LogP contribution >= 0.6 is 0 Å². The van der Waals surface area contributed by atoms with Gasteiger partial charge in [0.25, 0.3) is 0 Å². The van der Waals surface area contributed by atoms with Gasteiger partial charge in [0.2, 0.25) is 5.91 Å². The quantitative estimate of drug-likeness (QED) is 0.767. The third kappa shape index (κ3) is 4.26. The van der Waals surface area contributed by atoms with Crippen LogP contribution in [0.25, 0.3) is 0 Å². The predicted octanol–water partition coefficient (Wildman–Crippen LogP) is 2.32. The van der Waals surface area contributed by atoms with Gasteiger partial charge < -0.3 is 19.6 Å². The summed E-state index contributed by atoms with van der Waals surface area (Å²) in [5.74, 6) is -0.0637. The van der Waals surface area contributed by atoms with Crippen molar-refractivity contribution in [3.05, 3.63) is 17.0 Å². The lowest BCUT2D eigenvalue weighted by molar-refractivity contribution is -0.167. The first-order chi connectivity index (χ1) is 12.2. The Bertz CT molecular complexity index is 635. The van der Waals surface area contributed by atoms with E-state index in [4.69, 9.17) is 4.52 Å². The number of rotatable bonds is 7. The van der Waals surface area contributed by atoms with E-state index >= 15 is 0 Å². The van der Waals surface area contributed by atoms with Gasteiger partial charge in [-0.15, -0.1) is 0 Å². The Hall–Kier alpha value is -1.89. The third-order valence-corrected chi connectivity index (χ3v) is 5.50. The number of hydrogen-bond acceptors (Lipinski definition) is 5. The zero-order valence-corrected chi connectivity index (χ0v) is 16.1. The lowest BCUT2D eigenvalue weighted by Crippen LogP contribution is -2.57. The fourth-order valence-corrected chi connectivity index (χ4v) is 3.65. The van der Waals surface area contributed by atoms with E-state index in [1.807, 2.05) is 27.7 Å². The van der Waals surface area contributed by atoms with E-state index < -0.39 is 17.5 Å². The summed E-state index contributed by atoms with van der Waals surface area (Å²) in [5, 5.41) is 24.1. The molecule has 0 aliphatic carbocycles. The van der Waals surface area contributed by atoms with Gasteiger partial charge in [0.1, 0.15) is 11.2 Å². The van der Waals surface area contributed by atoms with Crippen molar-refractivity contribution in [2.75, 3.05) is 13.1 Å². The summed E-state index contributed by atoms with van der Waals surface area (Å²) in [5.41, 5.74) is 0.433. The molecule has 146 valence electrons. The summed E-state index contributed by atoms with van der Waals surface area (Å²) in [4.78, 5) is 26.3. The number of piperidine rings is 1. The minimum absolute atomic E-state index is 0.0661. The van der Waals surface area contributed by atoms with Gasteiger partial charge in [-0.05, 0) is 45.4 Å². The molecule has 0 aromatic carbocycles. The van der Waals surface area contributed by atoms with Gasteiger partial charge in [0, 0.05) is 25.1 Å². The maximum atomic E-state index is 12.7. The van der Waals surface area contributed by atoms with Gasteiger partial charge in [-0.2, -0.15) is 0 Å². The average Bonchev–Trinajstić information content (AvgIpc) is 2.90. The number of aliphatic hydroxyl groups is 1. The maximum Gasteiger partial charge on any atom is 0.314 e. The zero-order chi connectivity index (χ0) is 19.5. The second-order valence-electron chi connectivity index (χ2n) is 7.82. The minimum atomic E-state index is -1.28. The summed E-state index contributed by atoms with van der Waals surface area (Å²) in [6.45, 7) is 8.16. The van der Waals surface area contributed by atoms with Crippen molar-refractivity contribution in [1.82, 2.24) is 10.1 Å². The molecule has 1 aromatic heterocycles. The molecular formula is C19H30N2O5. The highest BCUT2D eigenvalue weighted by Gasteiger charge is 2.49. The number of carboxylic acids is 1. The Labute approximate surface area is 154 Å². The van der Waals surface area contributed by atoms with Crippen LogP contribution in [-0.2, 0) is 16.0 Å². The second-order valence-corrected chi connectivity index (χ2v) is 7.82. The zero-order valence-electron chi connectivity index (χ0n) is 16.1. The fourth-order valence-electron chi connectivity index (χ4n) is 3.65. The van der Waals surface area contributed by atoms with Crippen LogP contribution in [-0.4, -0.2) is 51.3 Å². The van der Waals surface area contributed by atoms with E-state index in [0.717, 1.165) is 11.3 Å². The molecular weight excluding hydrogens is 336 g/mol. The Morgan fingerprint density at radius 2 is 2.08 bits per heavy atom. The van der Waals surface area contributed by atoms with Crippen LogP contribution < -0.4 is 0 Å². The number of aliphatic hydroxyl groups excluding tert-OH is 1. The first kappa shape index (κ1) is 20.4. The van der Waals surface area contributed by atoms with E-state index in [9.17, 15) is 19.8 Å². The van der Waals surface area contributed by atoms with Crippen molar-refractivity contribution in [1.29, 1.82) is 0 Å². The molecule has 1 aliphatic heterocycles. The standard InChI is InChI=1S/C19H30N2O5/c1-12(2)7-9-19(18(24)25)11-21(10-8-16(19)22)17(23)6-5-15-13(3)20-26-14(15)4/h12,16,22H,5-11H2,1-4H3,(H,24,25)/t16-,19+/m0/s1.